The zero-order chi connectivity index (χ0) is 17.4. The summed E-state index contributed by atoms with van der Waals surface area (Å²) >= 11 is 0. The fraction of sp³-hybridized carbons (Fsp3) is 0.211. The van der Waals surface area contributed by atoms with Gasteiger partial charge < -0.3 is 4.42 Å². The highest BCUT2D eigenvalue weighted by molar-refractivity contribution is 5.75. The summed E-state index contributed by atoms with van der Waals surface area (Å²) in [5.41, 5.74) is 1.35. The number of furan rings is 1. The Balaban J connectivity index is 1.94. The molecule has 3 heterocycles. The molecule has 0 saturated heterocycles. The Bertz CT molecular complexity index is 1060. The van der Waals surface area contributed by atoms with Gasteiger partial charge in [0.05, 0.1) is 24.7 Å². The van der Waals surface area contributed by atoms with Crippen LogP contribution in [0.4, 0.5) is 0 Å². The highest BCUT2D eigenvalue weighted by atomic mass is 16.3. The molecule has 0 aliphatic heterocycles. The van der Waals surface area contributed by atoms with Crippen molar-refractivity contribution in [2.75, 3.05) is 0 Å². The first kappa shape index (κ1) is 15.4. The van der Waals surface area contributed by atoms with Crippen LogP contribution in [-0.2, 0) is 6.54 Å². The number of hydrogen-bond donors (Lipinski definition) is 0. The smallest absolute Gasteiger partial charge is 0.265 e. The molecule has 25 heavy (non-hydrogen) atoms. The fourth-order valence-corrected chi connectivity index (χ4v) is 2.93. The predicted octanol–water partition coefficient (Wildman–Crippen LogP) is 3.35. The van der Waals surface area contributed by atoms with E-state index in [1.807, 2.05) is 56.3 Å². The topological polar surface area (TPSA) is 65.8 Å². The van der Waals surface area contributed by atoms with Crippen LogP contribution >= 0.6 is 0 Å². The van der Waals surface area contributed by atoms with Crippen LogP contribution in [0.3, 0.4) is 0 Å². The second-order valence-electron chi connectivity index (χ2n) is 6.22. The van der Waals surface area contributed by atoms with Crippen LogP contribution in [0.25, 0.3) is 16.7 Å². The van der Waals surface area contributed by atoms with E-state index in [1.165, 1.54) is 0 Å². The molecule has 0 unspecified atom stereocenters. The molecular formula is C19H18N4O2. The van der Waals surface area contributed by atoms with Gasteiger partial charge >= 0.3 is 0 Å². The van der Waals surface area contributed by atoms with Gasteiger partial charge in [-0.2, -0.15) is 5.10 Å². The molecule has 3 aromatic heterocycles. The summed E-state index contributed by atoms with van der Waals surface area (Å²) in [6, 6.07) is 13.4. The van der Waals surface area contributed by atoms with Crippen LogP contribution in [-0.4, -0.2) is 19.3 Å². The van der Waals surface area contributed by atoms with Gasteiger partial charge in [-0.1, -0.05) is 32.0 Å². The summed E-state index contributed by atoms with van der Waals surface area (Å²) in [5, 5.41) is 4.88. The van der Waals surface area contributed by atoms with Crippen molar-refractivity contribution in [3.8, 4) is 5.69 Å². The van der Waals surface area contributed by atoms with E-state index >= 15 is 0 Å². The van der Waals surface area contributed by atoms with Crippen molar-refractivity contribution in [3.05, 3.63) is 76.9 Å². The Labute approximate surface area is 144 Å². The zero-order valence-corrected chi connectivity index (χ0v) is 14.1. The average molecular weight is 334 g/mol. The first-order valence-corrected chi connectivity index (χ1v) is 8.21. The molecule has 6 nitrogen and oxygen atoms in total. The molecule has 4 rings (SSSR count). The lowest BCUT2D eigenvalue weighted by atomic mass is 10.2. The quantitative estimate of drug-likeness (QED) is 0.574. The molecule has 1 aromatic carbocycles. The first-order chi connectivity index (χ1) is 12.1. The zero-order valence-electron chi connectivity index (χ0n) is 14.1. The average Bonchev–Trinajstić information content (AvgIpc) is 3.27. The van der Waals surface area contributed by atoms with Gasteiger partial charge in [0.25, 0.3) is 5.56 Å². The Morgan fingerprint density at radius 2 is 1.92 bits per heavy atom. The third-order valence-corrected chi connectivity index (χ3v) is 4.13. The van der Waals surface area contributed by atoms with E-state index in [9.17, 15) is 4.79 Å². The molecular weight excluding hydrogens is 316 g/mol. The van der Waals surface area contributed by atoms with Gasteiger partial charge in [-0.05, 0) is 24.3 Å². The van der Waals surface area contributed by atoms with Gasteiger partial charge in [-0.25, -0.2) is 9.67 Å². The number of benzene rings is 1. The summed E-state index contributed by atoms with van der Waals surface area (Å²) in [7, 11) is 0. The molecule has 0 N–H and O–H groups in total. The molecule has 0 radical (unpaired) electrons. The molecule has 0 saturated carbocycles. The molecule has 0 atom stereocenters. The number of hydrogen-bond acceptors (Lipinski definition) is 4. The van der Waals surface area contributed by atoms with Crippen molar-refractivity contribution < 1.29 is 4.42 Å². The summed E-state index contributed by atoms with van der Waals surface area (Å²) in [6.45, 7) is 4.41. The molecule has 0 aliphatic carbocycles. The minimum atomic E-state index is -0.104. The van der Waals surface area contributed by atoms with E-state index in [4.69, 9.17) is 9.40 Å². The Hall–Kier alpha value is -3.15. The van der Waals surface area contributed by atoms with Gasteiger partial charge in [0.15, 0.2) is 5.65 Å². The van der Waals surface area contributed by atoms with Crippen LogP contribution in [0.2, 0.25) is 0 Å². The Morgan fingerprint density at radius 3 is 2.60 bits per heavy atom. The lowest BCUT2D eigenvalue weighted by Crippen LogP contribution is -2.26. The molecule has 0 aliphatic rings. The molecule has 6 heteroatoms. The number of aromatic nitrogens is 4. The fourth-order valence-electron chi connectivity index (χ4n) is 2.93. The van der Waals surface area contributed by atoms with Crippen LogP contribution in [0.5, 0.6) is 0 Å². The standard InChI is InChI=1S/C19H18N4O2/c1-13(2)17-21-18-16(11-20-23(18)14-7-4-3-5-8-14)19(24)22(17)12-15-9-6-10-25-15/h3-11,13H,12H2,1-2H3. The van der Waals surface area contributed by atoms with Crippen molar-refractivity contribution in [2.45, 2.75) is 26.3 Å². The second kappa shape index (κ2) is 6.05. The number of nitrogens with zero attached hydrogens (tertiary/aromatic N) is 4. The van der Waals surface area contributed by atoms with Crippen molar-refractivity contribution in [1.29, 1.82) is 0 Å². The maximum absolute atomic E-state index is 13.1. The largest absolute Gasteiger partial charge is 0.467 e. The van der Waals surface area contributed by atoms with Gasteiger partial charge in [-0.3, -0.25) is 9.36 Å². The van der Waals surface area contributed by atoms with E-state index in [0.29, 0.717) is 23.4 Å². The maximum Gasteiger partial charge on any atom is 0.265 e. The molecule has 4 aromatic rings. The van der Waals surface area contributed by atoms with E-state index in [2.05, 4.69) is 5.10 Å². The number of para-hydroxylation sites is 1. The van der Waals surface area contributed by atoms with Gasteiger partial charge in [0.2, 0.25) is 0 Å². The number of fused-ring (bicyclic) bond motifs is 1. The predicted molar refractivity (Wildman–Crippen MR) is 95.0 cm³/mol. The molecule has 0 fully saturated rings. The molecule has 0 bridgehead atoms. The Morgan fingerprint density at radius 1 is 1.12 bits per heavy atom. The van der Waals surface area contributed by atoms with Crippen molar-refractivity contribution >= 4 is 11.0 Å². The molecule has 126 valence electrons. The van der Waals surface area contributed by atoms with Crippen molar-refractivity contribution in [2.24, 2.45) is 0 Å². The van der Waals surface area contributed by atoms with Gasteiger partial charge in [0, 0.05) is 5.92 Å². The lowest BCUT2D eigenvalue weighted by Gasteiger charge is -2.14. The van der Waals surface area contributed by atoms with E-state index < -0.39 is 0 Å². The summed E-state index contributed by atoms with van der Waals surface area (Å²) in [6.07, 6.45) is 3.19. The third kappa shape index (κ3) is 2.65. The minimum absolute atomic E-state index is 0.0891. The van der Waals surface area contributed by atoms with Crippen molar-refractivity contribution in [1.82, 2.24) is 19.3 Å². The van der Waals surface area contributed by atoms with Crippen LogP contribution < -0.4 is 5.56 Å². The highest BCUT2D eigenvalue weighted by Gasteiger charge is 2.18. The van der Waals surface area contributed by atoms with E-state index in [1.54, 1.807) is 21.7 Å². The molecule has 0 amide bonds. The lowest BCUT2D eigenvalue weighted by molar-refractivity contribution is 0.479. The minimum Gasteiger partial charge on any atom is -0.467 e. The normalized spacial score (nSPS) is 11.5. The summed E-state index contributed by atoms with van der Waals surface area (Å²) in [5.74, 6) is 1.53. The highest BCUT2D eigenvalue weighted by Crippen LogP contribution is 2.19. The Kier molecular flexibility index (Phi) is 3.72. The maximum atomic E-state index is 13.1. The van der Waals surface area contributed by atoms with E-state index in [0.717, 1.165) is 11.4 Å². The second-order valence-corrected chi connectivity index (χ2v) is 6.22. The number of rotatable bonds is 4. The SMILES string of the molecule is CC(C)c1nc2c(cnn2-c2ccccc2)c(=O)n1Cc1ccco1. The summed E-state index contributed by atoms with van der Waals surface area (Å²) < 4.78 is 8.78. The third-order valence-electron chi connectivity index (χ3n) is 4.13. The molecule has 0 spiro atoms. The van der Waals surface area contributed by atoms with Gasteiger partial charge in [0.1, 0.15) is 17.0 Å². The van der Waals surface area contributed by atoms with E-state index in [-0.39, 0.29) is 11.5 Å². The van der Waals surface area contributed by atoms with Gasteiger partial charge in [-0.15, -0.1) is 0 Å². The first-order valence-electron chi connectivity index (χ1n) is 8.21. The van der Waals surface area contributed by atoms with Crippen LogP contribution in [0.1, 0.15) is 31.4 Å². The van der Waals surface area contributed by atoms with Crippen LogP contribution in [0, 0.1) is 0 Å². The van der Waals surface area contributed by atoms with Crippen molar-refractivity contribution in [3.63, 3.8) is 0 Å². The monoisotopic (exact) mass is 334 g/mol. The van der Waals surface area contributed by atoms with Crippen LogP contribution in [0.15, 0.2) is 64.1 Å². The summed E-state index contributed by atoms with van der Waals surface area (Å²) in [4.78, 5) is 17.8.